The summed E-state index contributed by atoms with van der Waals surface area (Å²) >= 11 is 3.46. The summed E-state index contributed by atoms with van der Waals surface area (Å²) in [4.78, 5) is 58.8. The van der Waals surface area contributed by atoms with Crippen LogP contribution in [0.5, 0.6) is 5.75 Å². The maximum absolute atomic E-state index is 13.2. The van der Waals surface area contributed by atoms with E-state index in [4.69, 9.17) is 53.3 Å². The molecule has 0 radical (unpaired) electrons. The van der Waals surface area contributed by atoms with Crippen LogP contribution in [0.25, 0.3) is 171 Å². The number of benzene rings is 10. The number of halogens is 1. The van der Waals surface area contributed by atoms with E-state index >= 15 is 0 Å². The molecule has 125 heavy (non-hydrogen) atoms. The lowest BCUT2D eigenvalue weighted by Crippen LogP contribution is -2.08. The van der Waals surface area contributed by atoms with Crippen LogP contribution in [0.3, 0.4) is 0 Å². The highest BCUT2D eigenvalue weighted by Gasteiger charge is 2.29. The van der Waals surface area contributed by atoms with E-state index in [9.17, 15) is 24.0 Å². The largest absolute Gasteiger partial charge is 0.463 e. The summed E-state index contributed by atoms with van der Waals surface area (Å²) in [5.41, 5.74) is 18.7. The van der Waals surface area contributed by atoms with Gasteiger partial charge < -0.3 is 53.3 Å². The van der Waals surface area contributed by atoms with Crippen molar-refractivity contribution in [2.45, 2.75) is 106 Å². The van der Waals surface area contributed by atoms with Crippen molar-refractivity contribution >= 4 is 143 Å². The molecular weight excluding hydrogens is 1640 g/mol. The zero-order valence-corrected chi connectivity index (χ0v) is 71.8. The van der Waals surface area contributed by atoms with Crippen LogP contribution in [0.1, 0.15) is 109 Å². The van der Waals surface area contributed by atoms with Gasteiger partial charge in [0.25, 0.3) is 0 Å². The molecule has 12 heterocycles. The molecule has 1 fully saturated rings. The van der Waals surface area contributed by atoms with Crippen molar-refractivity contribution in [3.63, 3.8) is 0 Å². The highest BCUT2D eigenvalue weighted by Crippen LogP contribution is 2.46. The van der Waals surface area contributed by atoms with Gasteiger partial charge in [-0.2, -0.15) is 0 Å². The van der Waals surface area contributed by atoms with Gasteiger partial charge in [0.15, 0.2) is 0 Å². The van der Waals surface area contributed by atoms with Gasteiger partial charge in [-0.15, -0.1) is 0 Å². The van der Waals surface area contributed by atoms with Crippen LogP contribution in [-0.2, 0) is 11.8 Å². The maximum atomic E-state index is 13.2. The second-order valence-corrected chi connectivity index (χ2v) is 33.5. The van der Waals surface area contributed by atoms with Crippen LogP contribution >= 0.6 is 15.9 Å². The van der Waals surface area contributed by atoms with Crippen molar-refractivity contribution in [3.8, 4) is 50.5 Å². The zero-order chi connectivity index (χ0) is 86.8. The van der Waals surface area contributed by atoms with Gasteiger partial charge in [0, 0.05) is 148 Å². The van der Waals surface area contributed by atoms with Crippen molar-refractivity contribution in [2.24, 2.45) is 0 Å². The highest BCUT2D eigenvalue weighted by molar-refractivity contribution is 9.10. The molecule has 620 valence electrons. The third-order valence-electron chi connectivity index (χ3n) is 22.6. The van der Waals surface area contributed by atoms with Crippen LogP contribution in [-0.4, -0.2) is 0 Å². The van der Waals surface area contributed by atoms with Gasteiger partial charge >= 0.3 is 28.1 Å². The summed E-state index contributed by atoms with van der Waals surface area (Å²) in [6.07, 6.45) is 11.8. The lowest BCUT2D eigenvalue weighted by atomic mass is 9.93. The van der Waals surface area contributed by atoms with Gasteiger partial charge in [0.2, 0.25) is 0 Å². The molecule has 0 unspecified atom stereocenters. The molecule has 21 aromatic rings. The Hall–Kier alpha value is -14.8. The molecule has 0 amide bonds. The number of aryl methyl sites for hydroxylation is 7. The molecule has 1 saturated carbocycles. The van der Waals surface area contributed by atoms with E-state index in [1.165, 1.54) is 37.1 Å². The van der Waals surface area contributed by atoms with E-state index in [1.807, 2.05) is 205 Å². The molecule has 1 aliphatic carbocycles. The Morgan fingerprint density at radius 1 is 0.392 bits per heavy atom. The Morgan fingerprint density at radius 2 is 0.856 bits per heavy atom. The monoisotopic (exact) mass is 1720 g/mol. The summed E-state index contributed by atoms with van der Waals surface area (Å²) in [5.74, 6) is 5.85. The minimum absolute atomic E-state index is 0.0406. The molecule has 0 atom stereocenters. The Bertz CT molecular complexity index is 8160. The standard InChI is InChI=1S/C30H20O3.C18H12O3.C16H16O3.C15H12O3.C15H14O3.C13H9BrO2/c1-19-23-17-24-25(20-11-5-2-6-12-20)18-32-28(24)27(22-15-9-4-10-16-22)29(23)33-30(31)26(19)21-13-7-3-8-14-21;1-11-7-18(19)21-17-10-16-13(8-14(11)17)9-15(20-16)12-5-3-2-4-6-12;1-9-5-15(17)19-13-8-12-10(6-11(9)13)7-14(18-12)16(2,3)4;1-8-4-15(16)18-14-7-13-10(5-11(8)14)6-12(17-13)9-2-3-9;1-3-4-11-6-10-7-12-9(2)5-15(16)18-14(12)8-13(10)17-11;1-7-3-4-9-5-10-11(14)6-15-13(10)8(2)12(9)16-7/h2-18H,1H3;2-10H,1H3;5-8H,1-4H3;4-7,9H,2-3H2,1H3;5-8H,3-4H2,1-2H3;3-6H,1H2,2H3. The Morgan fingerprint density at radius 3 is 1.38 bits per heavy atom. The fraction of sp³-hybridized carbons (Fsp3) is 0.150. The van der Waals surface area contributed by atoms with Crippen LogP contribution in [0.2, 0.25) is 0 Å². The molecule has 0 saturated heterocycles. The molecule has 18 heteroatoms. The molecule has 23 rings (SSSR count). The summed E-state index contributed by atoms with van der Waals surface area (Å²) in [5, 5.41) is 11.0. The molecule has 0 bridgehead atoms. The average Bonchev–Trinajstić information content (AvgIpc) is 1.52. The first-order valence-corrected chi connectivity index (χ1v) is 42.0. The second-order valence-electron chi connectivity index (χ2n) is 32.7. The van der Waals surface area contributed by atoms with Crippen LogP contribution in [0.4, 0.5) is 0 Å². The minimum atomic E-state index is -0.349. The van der Waals surface area contributed by atoms with Gasteiger partial charge in [0.1, 0.15) is 102 Å². The Balaban J connectivity index is 0.000000104. The van der Waals surface area contributed by atoms with E-state index < -0.39 is 0 Å². The van der Waals surface area contributed by atoms with Crippen molar-refractivity contribution < 1.29 is 53.3 Å². The zero-order valence-electron chi connectivity index (χ0n) is 70.2. The second kappa shape index (κ2) is 33.2. The fourth-order valence-corrected chi connectivity index (χ4v) is 16.5. The van der Waals surface area contributed by atoms with E-state index in [0.717, 1.165) is 206 Å². The molecule has 2 aliphatic rings. The molecule has 0 N–H and O–H groups in total. The number of ether oxygens (including phenoxy) is 1. The normalized spacial score (nSPS) is 12.5. The van der Waals surface area contributed by atoms with Crippen molar-refractivity contribution in [3.05, 3.63) is 374 Å². The molecular formula is C107H83BrO17. The maximum Gasteiger partial charge on any atom is 0.344 e. The first-order chi connectivity index (χ1) is 60.3. The third kappa shape index (κ3) is 16.5. The number of allylic oxidation sites excluding steroid dienone is 1. The predicted molar refractivity (Wildman–Crippen MR) is 499 cm³/mol. The first kappa shape index (κ1) is 81.3. The van der Waals surface area contributed by atoms with E-state index in [0.29, 0.717) is 50.7 Å². The van der Waals surface area contributed by atoms with Crippen LogP contribution in [0.15, 0.2) is 338 Å². The van der Waals surface area contributed by atoms with Crippen molar-refractivity contribution in [1.29, 1.82) is 0 Å². The number of hydrogen-bond donors (Lipinski definition) is 0. The highest BCUT2D eigenvalue weighted by atomic mass is 79.9. The van der Waals surface area contributed by atoms with Gasteiger partial charge in [-0.3, -0.25) is 0 Å². The Kier molecular flexibility index (Phi) is 21.6. The molecule has 1 aliphatic heterocycles. The first-order valence-electron chi connectivity index (χ1n) is 41.2. The van der Waals surface area contributed by atoms with Gasteiger partial charge in [-0.1, -0.05) is 156 Å². The summed E-state index contributed by atoms with van der Waals surface area (Å²) < 4.78 is 68.4. The van der Waals surface area contributed by atoms with Crippen molar-refractivity contribution in [2.75, 3.05) is 0 Å². The van der Waals surface area contributed by atoms with E-state index in [2.05, 4.69) is 86.6 Å². The molecule has 10 aromatic carbocycles. The van der Waals surface area contributed by atoms with E-state index in [-0.39, 0.29) is 33.5 Å². The number of furan rings is 6. The SMILES string of the molecule is C=C1C=Cc2cc3c(Br)coc3c(C)c2O1.CCCc1cc2cc3c(C)cc(=O)oc3cc2o1.Cc1c(-c2ccccc2)c(=O)oc2c(-c3ccccc3)c3occ(-c4ccccc4)c3cc12.Cc1cc(=O)oc2cc3oc(-c4ccccc4)cc3cc12.Cc1cc(=O)oc2cc3oc(C(C)(C)C)cc3cc12.Cc1cc(=O)oc2cc3oc(C4CC4)cc3cc12. The van der Waals surface area contributed by atoms with E-state index in [1.54, 1.807) is 30.7 Å². The molecule has 11 aromatic heterocycles. The minimum Gasteiger partial charge on any atom is -0.463 e. The average molecular weight is 1720 g/mol. The lowest BCUT2D eigenvalue weighted by molar-refractivity contribution is 0.430. The van der Waals surface area contributed by atoms with Gasteiger partial charge in [-0.05, 0) is 194 Å². The number of fused-ring (bicyclic) bond motifs is 12. The number of hydrogen-bond acceptors (Lipinski definition) is 17. The quantitative estimate of drug-likeness (QED) is 0.135. The molecule has 17 nitrogen and oxygen atoms in total. The van der Waals surface area contributed by atoms with Crippen LogP contribution < -0.4 is 32.9 Å². The van der Waals surface area contributed by atoms with Gasteiger partial charge in [0.05, 0.1) is 21.9 Å². The molecule has 0 spiro atoms. The lowest BCUT2D eigenvalue weighted by Gasteiger charge is -2.16. The number of rotatable bonds is 7. The van der Waals surface area contributed by atoms with Gasteiger partial charge in [-0.25, -0.2) is 24.0 Å². The third-order valence-corrected chi connectivity index (χ3v) is 23.2. The topological polar surface area (TPSA) is 239 Å². The summed E-state index contributed by atoms with van der Waals surface area (Å²) in [7, 11) is 0. The fourth-order valence-electron chi connectivity index (χ4n) is 16.1. The summed E-state index contributed by atoms with van der Waals surface area (Å²) in [6.45, 7) is 23.9. The van der Waals surface area contributed by atoms with Crippen molar-refractivity contribution in [1.82, 2.24) is 0 Å². The van der Waals surface area contributed by atoms with Crippen LogP contribution in [0, 0.1) is 41.5 Å². The smallest absolute Gasteiger partial charge is 0.344 e. The Labute approximate surface area is 722 Å². The predicted octanol–water partition coefficient (Wildman–Crippen LogP) is 28.5. The summed E-state index contributed by atoms with van der Waals surface area (Å²) in [6, 6.07) is 73.5.